The van der Waals surface area contributed by atoms with Crippen molar-refractivity contribution in [3.05, 3.63) is 133 Å². The summed E-state index contributed by atoms with van der Waals surface area (Å²) in [6, 6.07) is 38.3. The molecule has 1 aliphatic rings. The van der Waals surface area contributed by atoms with E-state index in [4.69, 9.17) is 9.97 Å². The summed E-state index contributed by atoms with van der Waals surface area (Å²) in [6.07, 6.45) is 3.76. The minimum Gasteiger partial charge on any atom is -0.309 e. The molecule has 4 heteroatoms. The molecule has 0 spiro atoms. The van der Waals surface area contributed by atoms with Crippen LogP contribution in [0, 0.1) is 0 Å². The van der Waals surface area contributed by atoms with E-state index in [1.165, 1.54) is 33.3 Å². The first-order valence-corrected chi connectivity index (χ1v) is 13.6. The molecule has 0 atom stereocenters. The zero-order valence-corrected chi connectivity index (χ0v) is 22.3. The number of hydrogen-bond acceptors (Lipinski definition) is 3. The van der Waals surface area contributed by atoms with Gasteiger partial charge in [-0.15, -0.1) is 0 Å². The number of aromatic nitrogens is 4. The lowest BCUT2D eigenvalue weighted by Gasteiger charge is -2.21. The minimum absolute atomic E-state index is 0.0717. The molecule has 0 N–H and O–H groups in total. The lowest BCUT2D eigenvalue weighted by Crippen LogP contribution is -2.14. The van der Waals surface area contributed by atoms with Crippen LogP contribution in [0.15, 0.2) is 122 Å². The average molecular weight is 515 g/mol. The Morgan fingerprint density at radius 2 is 1.48 bits per heavy atom. The average Bonchev–Trinajstić information content (AvgIpc) is 3.48. The highest BCUT2D eigenvalue weighted by molar-refractivity contribution is 5.99. The van der Waals surface area contributed by atoms with Crippen molar-refractivity contribution < 1.29 is 0 Å². The van der Waals surface area contributed by atoms with Gasteiger partial charge in [0.25, 0.3) is 0 Å². The fourth-order valence-corrected chi connectivity index (χ4v) is 6.39. The standard InChI is InChI=1S/C36H26N4/c1-36(2)29-11-5-3-9-27(29)34-33(36)28-10-4-6-13-32(28)40(34)26-18-19-31-25(21-26)22-38-35(39-31)24-16-14-23(15-17-24)30-12-7-8-20-37-30/h3-22H,1-2H3. The Kier molecular flexibility index (Phi) is 4.83. The topological polar surface area (TPSA) is 43.6 Å². The van der Waals surface area contributed by atoms with Gasteiger partial charge in [-0.05, 0) is 47.5 Å². The minimum atomic E-state index is -0.0717. The van der Waals surface area contributed by atoms with Gasteiger partial charge < -0.3 is 4.57 Å². The molecule has 3 heterocycles. The van der Waals surface area contributed by atoms with E-state index < -0.39 is 0 Å². The summed E-state index contributed by atoms with van der Waals surface area (Å²) >= 11 is 0. The number of fused-ring (bicyclic) bond motifs is 6. The van der Waals surface area contributed by atoms with Crippen LogP contribution in [0.25, 0.3) is 61.4 Å². The van der Waals surface area contributed by atoms with Crippen LogP contribution in [0.2, 0.25) is 0 Å². The van der Waals surface area contributed by atoms with Gasteiger partial charge >= 0.3 is 0 Å². The van der Waals surface area contributed by atoms with Crippen molar-refractivity contribution in [1.82, 2.24) is 19.5 Å². The fraction of sp³-hybridized carbons (Fsp3) is 0.0833. The predicted molar refractivity (Wildman–Crippen MR) is 163 cm³/mol. The van der Waals surface area contributed by atoms with Gasteiger partial charge in [0.1, 0.15) is 0 Å². The van der Waals surface area contributed by atoms with E-state index in [1.807, 2.05) is 30.6 Å². The third kappa shape index (κ3) is 3.29. The second kappa shape index (κ2) is 8.45. The molecular formula is C36H26N4. The monoisotopic (exact) mass is 514 g/mol. The molecule has 0 radical (unpaired) electrons. The van der Waals surface area contributed by atoms with Crippen LogP contribution in [0.3, 0.4) is 0 Å². The second-order valence-electron chi connectivity index (χ2n) is 11.0. The van der Waals surface area contributed by atoms with Crippen molar-refractivity contribution in [2.24, 2.45) is 0 Å². The Bertz CT molecular complexity index is 2070. The van der Waals surface area contributed by atoms with Crippen LogP contribution >= 0.6 is 0 Å². The maximum atomic E-state index is 4.93. The highest BCUT2D eigenvalue weighted by atomic mass is 15.0. The SMILES string of the molecule is CC1(C)c2ccccc2-c2c1c1ccccc1n2-c1ccc2nc(-c3ccc(-c4ccccn4)cc3)ncc2c1. The number of benzene rings is 4. The smallest absolute Gasteiger partial charge is 0.159 e. The second-order valence-corrected chi connectivity index (χ2v) is 11.0. The first-order chi connectivity index (χ1) is 19.6. The Morgan fingerprint density at radius 3 is 2.33 bits per heavy atom. The summed E-state index contributed by atoms with van der Waals surface area (Å²) in [7, 11) is 0. The van der Waals surface area contributed by atoms with Gasteiger partial charge in [-0.1, -0.05) is 86.6 Å². The summed E-state index contributed by atoms with van der Waals surface area (Å²) in [4.78, 5) is 14.1. The summed E-state index contributed by atoms with van der Waals surface area (Å²) in [5.74, 6) is 0.718. The van der Waals surface area contributed by atoms with E-state index in [2.05, 4.69) is 114 Å². The lowest BCUT2D eigenvalue weighted by atomic mass is 9.81. The van der Waals surface area contributed by atoms with Gasteiger partial charge in [-0.3, -0.25) is 4.98 Å². The Labute approximate surface area is 232 Å². The summed E-state index contributed by atoms with van der Waals surface area (Å²) in [6.45, 7) is 4.68. The van der Waals surface area contributed by atoms with Crippen LogP contribution in [-0.4, -0.2) is 19.5 Å². The van der Waals surface area contributed by atoms with E-state index in [0.717, 1.165) is 39.2 Å². The van der Waals surface area contributed by atoms with E-state index in [9.17, 15) is 0 Å². The third-order valence-electron chi connectivity index (χ3n) is 8.28. The molecule has 0 saturated heterocycles. The highest BCUT2D eigenvalue weighted by Gasteiger charge is 2.40. The van der Waals surface area contributed by atoms with Gasteiger partial charge in [0, 0.05) is 51.0 Å². The van der Waals surface area contributed by atoms with Gasteiger partial charge in [0.2, 0.25) is 0 Å². The largest absolute Gasteiger partial charge is 0.309 e. The van der Waals surface area contributed by atoms with Crippen LogP contribution in [0.5, 0.6) is 0 Å². The molecule has 0 unspecified atom stereocenters. The fourth-order valence-electron chi connectivity index (χ4n) is 6.39. The zero-order chi connectivity index (χ0) is 26.8. The van der Waals surface area contributed by atoms with Gasteiger partial charge in [0.15, 0.2) is 5.82 Å². The quantitative estimate of drug-likeness (QED) is 0.237. The zero-order valence-electron chi connectivity index (χ0n) is 22.3. The Hall–Kier alpha value is -5.09. The number of nitrogens with zero attached hydrogens (tertiary/aromatic N) is 4. The first kappa shape index (κ1) is 22.9. The molecule has 1 aliphatic carbocycles. The van der Waals surface area contributed by atoms with Crippen molar-refractivity contribution in [3.63, 3.8) is 0 Å². The number of rotatable bonds is 3. The molecule has 4 nitrogen and oxygen atoms in total. The first-order valence-electron chi connectivity index (χ1n) is 13.6. The molecule has 8 rings (SSSR count). The molecular weight excluding hydrogens is 488 g/mol. The van der Waals surface area contributed by atoms with E-state index in [1.54, 1.807) is 0 Å². The summed E-state index contributed by atoms with van der Waals surface area (Å²) < 4.78 is 2.42. The number of para-hydroxylation sites is 1. The van der Waals surface area contributed by atoms with Crippen molar-refractivity contribution in [2.75, 3.05) is 0 Å². The third-order valence-corrected chi connectivity index (χ3v) is 8.28. The van der Waals surface area contributed by atoms with Crippen LogP contribution in [-0.2, 0) is 5.41 Å². The van der Waals surface area contributed by atoms with Crippen LogP contribution < -0.4 is 0 Å². The molecule has 4 aromatic carbocycles. The van der Waals surface area contributed by atoms with Gasteiger partial charge in [-0.25, -0.2) is 9.97 Å². The van der Waals surface area contributed by atoms with Crippen LogP contribution in [0.4, 0.5) is 0 Å². The van der Waals surface area contributed by atoms with Crippen molar-refractivity contribution in [2.45, 2.75) is 19.3 Å². The van der Waals surface area contributed by atoms with E-state index in [0.29, 0.717) is 0 Å². The number of pyridine rings is 1. The maximum Gasteiger partial charge on any atom is 0.159 e. The molecule has 190 valence electrons. The van der Waals surface area contributed by atoms with Gasteiger partial charge in [-0.2, -0.15) is 0 Å². The van der Waals surface area contributed by atoms with Crippen LogP contribution in [0.1, 0.15) is 25.0 Å². The van der Waals surface area contributed by atoms with Crippen molar-refractivity contribution in [3.8, 4) is 39.6 Å². The molecule has 0 aliphatic heterocycles. The van der Waals surface area contributed by atoms with Crippen molar-refractivity contribution in [1.29, 1.82) is 0 Å². The van der Waals surface area contributed by atoms with E-state index >= 15 is 0 Å². The number of hydrogen-bond donors (Lipinski definition) is 0. The van der Waals surface area contributed by atoms with Crippen molar-refractivity contribution >= 4 is 21.8 Å². The maximum absolute atomic E-state index is 4.93. The molecule has 0 fully saturated rings. The predicted octanol–water partition coefficient (Wildman–Crippen LogP) is 8.61. The molecule has 0 saturated carbocycles. The normalized spacial score (nSPS) is 13.4. The molecule has 3 aromatic heterocycles. The van der Waals surface area contributed by atoms with E-state index in [-0.39, 0.29) is 5.41 Å². The summed E-state index contributed by atoms with van der Waals surface area (Å²) in [5, 5.41) is 2.32. The summed E-state index contributed by atoms with van der Waals surface area (Å²) in [5.41, 5.74) is 11.6. The Morgan fingerprint density at radius 1 is 0.700 bits per heavy atom. The molecule has 7 aromatic rings. The Balaban J connectivity index is 1.24. The molecule has 0 amide bonds. The molecule has 0 bridgehead atoms. The molecule has 40 heavy (non-hydrogen) atoms. The lowest BCUT2D eigenvalue weighted by molar-refractivity contribution is 0.666. The highest BCUT2D eigenvalue weighted by Crippen LogP contribution is 2.53. The van der Waals surface area contributed by atoms with Gasteiger partial charge in [0.05, 0.1) is 22.4 Å².